The predicted octanol–water partition coefficient (Wildman–Crippen LogP) is 4.45. The van der Waals surface area contributed by atoms with Crippen molar-refractivity contribution >= 4 is 6.03 Å². The molecule has 2 aliphatic carbocycles. The predicted molar refractivity (Wildman–Crippen MR) is 119 cm³/mol. The third-order valence-electron chi connectivity index (χ3n) is 7.76. The van der Waals surface area contributed by atoms with E-state index in [2.05, 4.69) is 60.3 Å². The second-order valence-electron chi connectivity index (χ2n) is 10.7. The number of urea groups is 1. The van der Waals surface area contributed by atoms with Crippen molar-refractivity contribution in [1.29, 1.82) is 5.26 Å². The zero-order valence-electron chi connectivity index (χ0n) is 19.0. The van der Waals surface area contributed by atoms with Gasteiger partial charge in [0, 0.05) is 25.2 Å². The van der Waals surface area contributed by atoms with Crippen LogP contribution in [0.4, 0.5) is 4.79 Å². The maximum absolute atomic E-state index is 13.4. The van der Waals surface area contributed by atoms with Crippen molar-refractivity contribution < 1.29 is 4.79 Å². The molecular formula is C25H36N4O. The van der Waals surface area contributed by atoms with Gasteiger partial charge in [0.15, 0.2) is 0 Å². The zero-order chi connectivity index (χ0) is 21.6. The first-order valence-electron chi connectivity index (χ1n) is 11.4. The average molecular weight is 409 g/mol. The number of carbonyl (C=O) groups is 1. The molecule has 0 aromatic heterocycles. The van der Waals surface area contributed by atoms with Gasteiger partial charge in [-0.1, -0.05) is 30.3 Å². The molecule has 4 rings (SSSR count). The standard InChI is InChI=1S/C25H36N4O/c1-23(2,17-26)18-28-19-24(29(22(28)30)16-20-10-11-20)12-14-25(15-13-24,27(3)4)21-8-6-5-7-9-21/h5-9,20H,10-16,18-19H2,1-4H3. The molecule has 2 saturated carbocycles. The van der Waals surface area contributed by atoms with Gasteiger partial charge in [0.2, 0.25) is 0 Å². The Labute approximate surface area is 181 Å². The Morgan fingerprint density at radius 1 is 1.13 bits per heavy atom. The number of hydrogen-bond acceptors (Lipinski definition) is 3. The highest BCUT2D eigenvalue weighted by molar-refractivity contribution is 5.78. The van der Waals surface area contributed by atoms with Crippen molar-refractivity contribution in [3.63, 3.8) is 0 Å². The van der Waals surface area contributed by atoms with Crippen LogP contribution >= 0.6 is 0 Å². The molecule has 0 N–H and O–H groups in total. The van der Waals surface area contributed by atoms with Gasteiger partial charge in [0.25, 0.3) is 0 Å². The zero-order valence-corrected chi connectivity index (χ0v) is 19.0. The highest BCUT2D eigenvalue weighted by Crippen LogP contribution is 2.50. The lowest BCUT2D eigenvalue weighted by Gasteiger charge is -2.51. The summed E-state index contributed by atoms with van der Waals surface area (Å²) >= 11 is 0. The van der Waals surface area contributed by atoms with Crippen LogP contribution in [0, 0.1) is 22.7 Å². The van der Waals surface area contributed by atoms with Crippen LogP contribution < -0.4 is 0 Å². The van der Waals surface area contributed by atoms with E-state index in [1.807, 2.05) is 18.7 Å². The van der Waals surface area contributed by atoms with E-state index in [0.29, 0.717) is 12.5 Å². The van der Waals surface area contributed by atoms with Gasteiger partial charge in [0.1, 0.15) is 0 Å². The maximum atomic E-state index is 13.4. The Morgan fingerprint density at radius 2 is 1.77 bits per heavy atom. The fourth-order valence-electron chi connectivity index (χ4n) is 5.65. The first kappa shape index (κ1) is 21.2. The maximum Gasteiger partial charge on any atom is 0.320 e. The molecule has 1 aromatic carbocycles. The van der Waals surface area contributed by atoms with Gasteiger partial charge in [0.05, 0.1) is 17.0 Å². The number of hydrogen-bond donors (Lipinski definition) is 0. The van der Waals surface area contributed by atoms with Gasteiger partial charge in [-0.25, -0.2) is 4.79 Å². The van der Waals surface area contributed by atoms with Gasteiger partial charge < -0.3 is 9.80 Å². The van der Waals surface area contributed by atoms with Crippen LogP contribution in [0.15, 0.2) is 30.3 Å². The highest BCUT2D eigenvalue weighted by Gasteiger charge is 2.55. The van der Waals surface area contributed by atoms with E-state index in [1.54, 1.807) is 0 Å². The van der Waals surface area contributed by atoms with E-state index in [0.717, 1.165) is 38.8 Å². The topological polar surface area (TPSA) is 50.6 Å². The lowest BCUT2D eigenvalue weighted by molar-refractivity contribution is 0.0231. The van der Waals surface area contributed by atoms with E-state index >= 15 is 0 Å². The van der Waals surface area contributed by atoms with Gasteiger partial charge >= 0.3 is 6.03 Å². The van der Waals surface area contributed by atoms with Gasteiger partial charge in [-0.3, -0.25) is 4.90 Å². The van der Waals surface area contributed by atoms with Crippen molar-refractivity contribution in [1.82, 2.24) is 14.7 Å². The lowest BCUT2D eigenvalue weighted by Crippen LogP contribution is -2.55. The summed E-state index contributed by atoms with van der Waals surface area (Å²) in [6.07, 6.45) is 6.62. The molecule has 30 heavy (non-hydrogen) atoms. The summed E-state index contributed by atoms with van der Waals surface area (Å²) < 4.78 is 0. The average Bonchev–Trinajstić information content (AvgIpc) is 3.52. The summed E-state index contributed by atoms with van der Waals surface area (Å²) in [5.74, 6) is 0.671. The van der Waals surface area contributed by atoms with Gasteiger partial charge in [-0.2, -0.15) is 5.26 Å². The largest absolute Gasteiger partial charge is 0.321 e. The van der Waals surface area contributed by atoms with E-state index in [9.17, 15) is 10.1 Å². The molecule has 1 aliphatic heterocycles. The van der Waals surface area contributed by atoms with Crippen molar-refractivity contribution in [3.05, 3.63) is 35.9 Å². The molecular weight excluding hydrogens is 372 g/mol. The van der Waals surface area contributed by atoms with E-state index in [-0.39, 0.29) is 17.1 Å². The first-order valence-corrected chi connectivity index (χ1v) is 11.4. The van der Waals surface area contributed by atoms with Crippen LogP contribution in [0.3, 0.4) is 0 Å². The van der Waals surface area contributed by atoms with Gasteiger partial charge in [-0.15, -0.1) is 0 Å². The fraction of sp³-hybridized carbons (Fsp3) is 0.680. The number of nitrogens with zero attached hydrogens (tertiary/aromatic N) is 4. The summed E-state index contributed by atoms with van der Waals surface area (Å²) in [5, 5.41) is 9.51. The fourth-order valence-corrected chi connectivity index (χ4v) is 5.65. The number of carbonyl (C=O) groups excluding carboxylic acids is 1. The molecule has 1 saturated heterocycles. The second-order valence-corrected chi connectivity index (χ2v) is 10.7. The molecule has 1 spiro atoms. The summed E-state index contributed by atoms with van der Waals surface area (Å²) in [5.41, 5.74) is 0.809. The van der Waals surface area contributed by atoms with Crippen molar-refractivity contribution in [2.24, 2.45) is 11.3 Å². The summed E-state index contributed by atoms with van der Waals surface area (Å²) in [6, 6.07) is 13.4. The summed E-state index contributed by atoms with van der Waals surface area (Å²) in [4.78, 5) is 20.0. The Hall–Kier alpha value is -2.06. The quantitative estimate of drug-likeness (QED) is 0.699. The molecule has 3 aliphatic rings. The Bertz CT molecular complexity index is 813. The van der Waals surface area contributed by atoms with E-state index in [1.165, 1.54) is 18.4 Å². The molecule has 3 fully saturated rings. The Kier molecular flexibility index (Phi) is 5.34. The summed E-state index contributed by atoms with van der Waals surface area (Å²) in [7, 11) is 4.38. The first-order chi connectivity index (χ1) is 14.2. The van der Waals surface area contributed by atoms with Crippen LogP contribution in [0.25, 0.3) is 0 Å². The minimum absolute atomic E-state index is 0.0279. The molecule has 0 atom stereocenters. The van der Waals surface area contributed by atoms with Gasteiger partial charge in [-0.05, 0) is 77.9 Å². The van der Waals surface area contributed by atoms with Crippen molar-refractivity contribution in [2.45, 2.75) is 63.5 Å². The van der Waals surface area contributed by atoms with E-state index < -0.39 is 5.41 Å². The number of amides is 2. The molecule has 2 amide bonds. The smallest absolute Gasteiger partial charge is 0.320 e. The molecule has 1 aromatic rings. The molecule has 5 heteroatoms. The van der Waals surface area contributed by atoms with Crippen LogP contribution in [-0.2, 0) is 5.54 Å². The van der Waals surface area contributed by atoms with Crippen LogP contribution in [0.5, 0.6) is 0 Å². The van der Waals surface area contributed by atoms with Crippen LogP contribution in [0.1, 0.15) is 57.9 Å². The van der Waals surface area contributed by atoms with Crippen molar-refractivity contribution in [3.8, 4) is 6.07 Å². The number of nitriles is 1. The molecule has 5 nitrogen and oxygen atoms in total. The van der Waals surface area contributed by atoms with Crippen molar-refractivity contribution in [2.75, 3.05) is 33.7 Å². The molecule has 0 radical (unpaired) electrons. The molecule has 1 heterocycles. The molecule has 162 valence electrons. The SMILES string of the molecule is CN(C)C1(c2ccccc2)CCC2(CC1)CN(CC(C)(C)C#N)C(=O)N2CC1CC1. The normalized spacial score (nSPS) is 29.7. The minimum atomic E-state index is -0.515. The van der Waals surface area contributed by atoms with E-state index in [4.69, 9.17) is 0 Å². The minimum Gasteiger partial charge on any atom is -0.321 e. The second kappa shape index (κ2) is 7.57. The number of rotatable bonds is 6. The summed E-state index contributed by atoms with van der Waals surface area (Å²) in [6.45, 7) is 6.04. The molecule has 0 unspecified atom stereocenters. The third-order valence-corrected chi connectivity index (χ3v) is 7.76. The Balaban J connectivity index is 1.59. The monoisotopic (exact) mass is 408 g/mol. The Morgan fingerprint density at radius 3 is 2.30 bits per heavy atom. The lowest BCUT2D eigenvalue weighted by atomic mass is 9.68. The highest BCUT2D eigenvalue weighted by atomic mass is 16.2. The van der Waals surface area contributed by atoms with Crippen LogP contribution in [-0.4, -0.2) is 60.0 Å². The third kappa shape index (κ3) is 3.71. The van der Waals surface area contributed by atoms with Crippen LogP contribution in [0.2, 0.25) is 0 Å². The molecule has 0 bridgehead atoms. The number of benzene rings is 1.